The lowest BCUT2D eigenvalue weighted by Crippen LogP contribution is -2.66. The number of halogens is 1. The molecular formula is C31H41ClN2O9. The summed E-state index contributed by atoms with van der Waals surface area (Å²) >= 11 is 6.41. The number of benzene rings is 1. The number of rotatable bonds is 6. The third-order valence-corrected chi connectivity index (χ3v) is 10.1. The highest BCUT2D eigenvalue weighted by molar-refractivity contribution is 6.33. The molecule has 11 nitrogen and oxygen atoms in total. The van der Waals surface area contributed by atoms with Gasteiger partial charge < -0.3 is 24.4 Å². The van der Waals surface area contributed by atoms with Crippen molar-refractivity contribution in [1.29, 1.82) is 0 Å². The molecule has 4 aliphatic rings. The molecule has 1 aromatic rings. The molecule has 0 radical (unpaired) electrons. The van der Waals surface area contributed by atoms with Crippen LogP contribution in [0.25, 0.3) is 0 Å². The van der Waals surface area contributed by atoms with Crippen molar-refractivity contribution in [2.45, 2.75) is 89.6 Å². The third kappa shape index (κ3) is 5.44. The Morgan fingerprint density at radius 2 is 1.91 bits per heavy atom. The second-order valence-corrected chi connectivity index (χ2v) is 13.0. The van der Waals surface area contributed by atoms with Crippen molar-refractivity contribution in [2.24, 2.45) is 23.7 Å². The summed E-state index contributed by atoms with van der Waals surface area (Å²) in [7, 11) is 1.66. The van der Waals surface area contributed by atoms with E-state index in [0.29, 0.717) is 28.3 Å². The van der Waals surface area contributed by atoms with Gasteiger partial charge in [0, 0.05) is 38.8 Å². The van der Waals surface area contributed by atoms with Crippen molar-refractivity contribution in [2.75, 3.05) is 18.7 Å². The van der Waals surface area contributed by atoms with Crippen molar-refractivity contribution in [3.8, 4) is 0 Å². The van der Waals surface area contributed by atoms with Crippen molar-refractivity contribution in [3.05, 3.63) is 40.4 Å². The first-order valence-corrected chi connectivity index (χ1v) is 15.2. The number of aliphatic hydroxyl groups is 2. The highest BCUT2D eigenvalue weighted by atomic mass is 35.5. The van der Waals surface area contributed by atoms with E-state index in [1.807, 2.05) is 19.9 Å². The third-order valence-electron chi connectivity index (χ3n) is 9.77. The molecule has 2 aliphatic carbocycles. The van der Waals surface area contributed by atoms with Gasteiger partial charge in [0.2, 0.25) is 0 Å². The van der Waals surface area contributed by atoms with Crippen LogP contribution >= 0.6 is 11.6 Å². The topological polar surface area (TPSA) is 144 Å². The number of para-hydroxylation sites is 1. The molecule has 5 rings (SSSR count). The molecule has 1 saturated carbocycles. The minimum absolute atomic E-state index is 0.0725. The maximum Gasteiger partial charge on any atom is 0.323 e. The monoisotopic (exact) mass is 620 g/mol. The van der Waals surface area contributed by atoms with Crippen LogP contribution in [-0.2, 0) is 39.0 Å². The number of anilines is 1. The molecule has 0 spiro atoms. The zero-order valence-electron chi connectivity index (χ0n) is 25.3. The van der Waals surface area contributed by atoms with Crippen LogP contribution in [0, 0.1) is 23.7 Å². The first-order chi connectivity index (χ1) is 20.2. The van der Waals surface area contributed by atoms with Gasteiger partial charge in [-0.1, -0.05) is 43.7 Å². The van der Waals surface area contributed by atoms with Gasteiger partial charge in [-0.25, -0.2) is 0 Å². The maximum atomic E-state index is 13.9. The lowest BCUT2D eigenvalue weighted by Gasteiger charge is -2.55. The van der Waals surface area contributed by atoms with Crippen molar-refractivity contribution < 1.29 is 43.6 Å². The summed E-state index contributed by atoms with van der Waals surface area (Å²) in [4.78, 5) is 43.5. The molecule has 2 fully saturated rings. The van der Waals surface area contributed by atoms with Gasteiger partial charge in [0.05, 0.1) is 17.3 Å². The largest absolute Gasteiger partial charge is 0.466 e. The molecule has 1 unspecified atom stereocenters. The van der Waals surface area contributed by atoms with Crippen molar-refractivity contribution in [1.82, 2.24) is 5.32 Å². The van der Waals surface area contributed by atoms with Crippen molar-refractivity contribution >= 4 is 35.2 Å². The second-order valence-electron chi connectivity index (χ2n) is 12.6. The number of hydroxylamine groups is 1. The number of carbonyl (C=O) groups excluding carboxylic acids is 3. The molecule has 3 N–H and O–H groups in total. The number of ether oxygens (including phenoxy) is 3. The summed E-state index contributed by atoms with van der Waals surface area (Å²) in [5.41, 5.74) is -1.49. The number of hydrogen-bond acceptors (Lipinski definition) is 11. The number of esters is 3. The smallest absolute Gasteiger partial charge is 0.323 e. The quantitative estimate of drug-likeness (QED) is 0.245. The molecule has 12 heteroatoms. The van der Waals surface area contributed by atoms with E-state index in [1.54, 1.807) is 32.2 Å². The second kappa shape index (κ2) is 11.7. The van der Waals surface area contributed by atoms with Crippen LogP contribution in [0.4, 0.5) is 5.69 Å². The van der Waals surface area contributed by atoms with Gasteiger partial charge in [0.25, 0.3) is 0 Å². The van der Waals surface area contributed by atoms with Crippen molar-refractivity contribution in [3.63, 3.8) is 0 Å². The normalized spacial score (nSPS) is 37.3. The van der Waals surface area contributed by atoms with E-state index in [-0.39, 0.29) is 36.8 Å². The van der Waals surface area contributed by atoms with Crippen LogP contribution in [0.5, 0.6) is 0 Å². The van der Waals surface area contributed by atoms with Gasteiger partial charge in [0.15, 0.2) is 18.4 Å². The molecular weight excluding hydrogens is 580 g/mol. The summed E-state index contributed by atoms with van der Waals surface area (Å²) < 4.78 is 17.1. The molecule has 0 aromatic heterocycles. The SMILES string of the molecule is CC(=O)OCC(C)[C@H]1CC[C@@H](C)[C@@]2(O)[C@@H]1C=C(C)[C@@H](OC(C)=O)[C@@H]2OC(=O)[C@@H]1C[C@@]2(O)c3cccc(Cl)c3N(C)O[C@H]2N1. The summed E-state index contributed by atoms with van der Waals surface area (Å²) in [6.45, 7) is 8.48. The fraction of sp³-hybridized carbons (Fsp3) is 0.645. The average Bonchev–Trinajstić information content (AvgIpc) is 3.28. The molecule has 0 amide bonds. The fourth-order valence-corrected chi connectivity index (χ4v) is 7.83. The summed E-state index contributed by atoms with van der Waals surface area (Å²) in [5.74, 6) is -2.63. The highest BCUT2D eigenvalue weighted by Crippen LogP contribution is 2.53. The molecule has 0 bridgehead atoms. The van der Waals surface area contributed by atoms with E-state index in [9.17, 15) is 24.6 Å². The predicted molar refractivity (Wildman–Crippen MR) is 155 cm³/mol. The van der Waals surface area contributed by atoms with Gasteiger partial charge in [-0.05, 0) is 49.2 Å². The Hall–Kier alpha value is -2.70. The first kappa shape index (κ1) is 31.7. The van der Waals surface area contributed by atoms with Crippen LogP contribution in [0.2, 0.25) is 5.02 Å². The molecule has 2 heterocycles. The maximum absolute atomic E-state index is 13.9. The Bertz CT molecular complexity index is 1320. The van der Waals surface area contributed by atoms with Crippen LogP contribution in [0.15, 0.2) is 29.8 Å². The predicted octanol–water partition coefficient (Wildman–Crippen LogP) is 2.99. The van der Waals surface area contributed by atoms with E-state index in [1.165, 1.54) is 18.9 Å². The fourth-order valence-electron chi connectivity index (χ4n) is 7.53. The van der Waals surface area contributed by atoms with E-state index < -0.39 is 53.5 Å². The number of hydrogen-bond donors (Lipinski definition) is 3. The van der Waals surface area contributed by atoms with Crippen LogP contribution in [-0.4, -0.2) is 71.9 Å². The lowest BCUT2D eigenvalue weighted by atomic mass is 9.55. The lowest BCUT2D eigenvalue weighted by molar-refractivity contribution is -0.226. The van der Waals surface area contributed by atoms with E-state index in [2.05, 4.69) is 5.32 Å². The van der Waals surface area contributed by atoms with Crippen LogP contribution in [0.1, 0.15) is 59.4 Å². The standard InChI is InChI=1S/C31H41ClN2O9/c1-15-12-22-20(16(2)14-40-18(4)35)11-10-17(3)31(22,39)27(26(15)41-19(5)36)42-28(37)24-13-30(38)21-8-7-9-23(32)25(21)34(6)43-29(30)33-24/h7-9,12,16-17,20,22,24,26-27,29,33,38-39H,10-11,13-14H2,1-6H3/t16?,17-,20-,22-,24+,26-,27+,29-,30-,31-/m1/s1. The Kier molecular flexibility index (Phi) is 8.60. The summed E-state index contributed by atoms with van der Waals surface area (Å²) in [6, 6.07) is 4.15. The van der Waals surface area contributed by atoms with Gasteiger partial charge in [-0.2, -0.15) is 0 Å². The summed E-state index contributed by atoms with van der Waals surface area (Å²) in [6.07, 6.45) is 0.0364. The summed E-state index contributed by atoms with van der Waals surface area (Å²) in [5, 5.41) is 29.2. The molecule has 10 atom stereocenters. The molecule has 43 heavy (non-hydrogen) atoms. The molecule has 236 valence electrons. The Morgan fingerprint density at radius 3 is 2.58 bits per heavy atom. The van der Waals surface area contributed by atoms with Crippen LogP contribution in [0.3, 0.4) is 0 Å². The first-order valence-electron chi connectivity index (χ1n) is 14.8. The minimum Gasteiger partial charge on any atom is -0.466 e. The molecule has 1 aromatic carbocycles. The zero-order valence-corrected chi connectivity index (χ0v) is 26.1. The minimum atomic E-state index is -1.58. The van der Waals surface area contributed by atoms with E-state index in [4.69, 9.17) is 30.6 Å². The van der Waals surface area contributed by atoms with Gasteiger partial charge in [-0.15, -0.1) is 0 Å². The van der Waals surface area contributed by atoms with Gasteiger partial charge >= 0.3 is 17.9 Å². The van der Waals surface area contributed by atoms with Gasteiger partial charge in [0.1, 0.15) is 17.2 Å². The average molecular weight is 621 g/mol. The molecule has 1 saturated heterocycles. The molecule has 2 aliphatic heterocycles. The van der Waals surface area contributed by atoms with E-state index >= 15 is 0 Å². The zero-order chi connectivity index (χ0) is 31.4. The number of fused-ring (bicyclic) bond motifs is 4. The highest BCUT2D eigenvalue weighted by Gasteiger charge is 2.62. The Balaban J connectivity index is 1.45. The van der Waals surface area contributed by atoms with Gasteiger partial charge in [-0.3, -0.25) is 29.6 Å². The van der Waals surface area contributed by atoms with Crippen LogP contribution < -0.4 is 10.4 Å². The van der Waals surface area contributed by atoms with E-state index in [0.717, 1.165) is 6.42 Å². The number of nitrogens with zero attached hydrogens (tertiary/aromatic N) is 1. The Labute approximate surface area is 256 Å². The number of carbonyl (C=O) groups is 3. The Morgan fingerprint density at radius 1 is 1.19 bits per heavy atom. The number of nitrogens with one attached hydrogen (secondary N) is 1.